The number of hydrogen-bond acceptors (Lipinski definition) is 4. The number of aryl methyl sites for hydroxylation is 2. The maximum absolute atomic E-state index is 12.2. The molecule has 5 nitrogen and oxygen atoms in total. The van der Waals surface area contributed by atoms with E-state index >= 15 is 0 Å². The lowest BCUT2D eigenvalue weighted by Crippen LogP contribution is -2.21. The van der Waals surface area contributed by atoms with Crippen LogP contribution in [0.5, 0.6) is 0 Å². The van der Waals surface area contributed by atoms with Crippen molar-refractivity contribution in [2.75, 3.05) is 11.9 Å². The molecule has 0 bridgehead atoms. The third kappa shape index (κ3) is 5.05. The van der Waals surface area contributed by atoms with Gasteiger partial charge < -0.3 is 10.1 Å². The molecule has 1 N–H and O–H groups in total. The number of ether oxygens (including phenoxy) is 1. The fraction of sp³-hybridized carbons (Fsp3) is 0.350. The summed E-state index contributed by atoms with van der Waals surface area (Å²) in [5.41, 5.74) is 3.40. The van der Waals surface area contributed by atoms with Crippen molar-refractivity contribution in [1.29, 1.82) is 0 Å². The molecule has 0 saturated heterocycles. The summed E-state index contributed by atoms with van der Waals surface area (Å²) < 4.78 is 5.07. The van der Waals surface area contributed by atoms with Gasteiger partial charge in [0.1, 0.15) is 5.15 Å². The van der Waals surface area contributed by atoms with Crippen LogP contribution < -0.4 is 5.32 Å². The number of aromatic nitrogens is 1. The number of amides is 1. The number of carbonyl (C=O) groups is 2. The summed E-state index contributed by atoms with van der Waals surface area (Å²) in [6.45, 7) is 9.48. The molecular weight excluding hydrogens is 352 g/mol. The Balaban J connectivity index is 1.96. The number of pyridine rings is 1. The Morgan fingerprint density at radius 2 is 1.77 bits per heavy atom. The highest BCUT2D eigenvalue weighted by Gasteiger charge is 2.18. The van der Waals surface area contributed by atoms with Crippen LogP contribution in [-0.4, -0.2) is 23.5 Å². The Hall–Kier alpha value is -2.40. The lowest BCUT2D eigenvalue weighted by Gasteiger charge is -2.19. The first-order valence-corrected chi connectivity index (χ1v) is 8.67. The highest BCUT2D eigenvalue weighted by Crippen LogP contribution is 2.23. The molecule has 1 aromatic carbocycles. The van der Waals surface area contributed by atoms with E-state index in [-0.39, 0.29) is 16.1 Å². The summed E-state index contributed by atoms with van der Waals surface area (Å²) in [5, 5.41) is 2.78. The summed E-state index contributed by atoms with van der Waals surface area (Å²) in [7, 11) is 0. The lowest BCUT2D eigenvalue weighted by atomic mass is 9.87. The molecule has 1 heterocycles. The molecular formula is C20H23ClN2O3. The van der Waals surface area contributed by atoms with E-state index < -0.39 is 18.5 Å². The van der Waals surface area contributed by atoms with E-state index in [1.54, 1.807) is 19.9 Å². The molecule has 0 atom stereocenters. The zero-order chi connectivity index (χ0) is 19.5. The van der Waals surface area contributed by atoms with E-state index in [0.29, 0.717) is 16.9 Å². The Morgan fingerprint density at radius 3 is 2.31 bits per heavy atom. The Bertz CT molecular complexity index is 801. The second kappa shape index (κ2) is 7.87. The molecule has 1 amide bonds. The number of rotatable bonds is 4. The van der Waals surface area contributed by atoms with E-state index in [1.165, 1.54) is 5.56 Å². The predicted octanol–water partition coefficient (Wildman–Crippen LogP) is 4.44. The summed E-state index contributed by atoms with van der Waals surface area (Å²) in [5.74, 6) is -1.09. The molecule has 0 saturated carbocycles. The van der Waals surface area contributed by atoms with Crippen LogP contribution in [0.15, 0.2) is 30.3 Å². The SMILES string of the molecule is Cc1cc(C)c(C(=O)OCC(=O)Nc2ccc(C(C)(C)C)cc2)c(Cl)n1. The second-order valence-corrected chi connectivity index (χ2v) is 7.56. The zero-order valence-corrected chi connectivity index (χ0v) is 16.4. The third-order valence-corrected chi connectivity index (χ3v) is 4.15. The fourth-order valence-electron chi connectivity index (χ4n) is 2.49. The van der Waals surface area contributed by atoms with Gasteiger partial charge >= 0.3 is 5.97 Å². The minimum atomic E-state index is -0.668. The van der Waals surface area contributed by atoms with Crippen molar-refractivity contribution in [3.8, 4) is 0 Å². The van der Waals surface area contributed by atoms with Gasteiger partial charge in [0.05, 0.1) is 5.56 Å². The number of carbonyl (C=O) groups excluding carboxylic acids is 2. The molecule has 0 aliphatic heterocycles. The predicted molar refractivity (Wildman–Crippen MR) is 103 cm³/mol. The molecule has 138 valence electrons. The molecule has 6 heteroatoms. The summed E-state index contributed by atoms with van der Waals surface area (Å²) in [4.78, 5) is 28.2. The molecule has 2 aromatic rings. The number of nitrogens with one attached hydrogen (secondary N) is 1. The molecule has 0 radical (unpaired) electrons. The molecule has 0 spiro atoms. The maximum atomic E-state index is 12.2. The number of hydrogen-bond donors (Lipinski definition) is 1. The highest BCUT2D eigenvalue weighted by atomic mass is 35.5. The van der Waals surface area contributed by atoms with Crippen LogP contribution in [-0.2, 0) is 14.9 Å². The molecule has 0 unspecified atom stereocenters. The van der Waals surface area contributed by atoms with Crippen LogP contribution in [0.2, 0.25) is 5.15 Å². The fourth-order valence-corrected chi connectivity index (χ4v) is 2.85. The maximum Gasteiger partial charge on any atom is 0.342 e. The second-order valence-electron chi connectivity index (χ2n) is 7.20. The molecule has 0 aliphatic rings. The van der Waals surface area contributed by atoms with Crippen LogP contribution in [0.1, 0.15) is 48.0 Å². The van der Waals surface area contributed by atoms with Gasteiger partial charge in [0, 0.05) is 11.4 Å². The summed E-state index contributed by atoms with van der Waals surface area (Å²) >= 11 is 6.01. The Kier molecular flexibility index (Phi) is 6.03. The number of nitrogens with zero attached hydrogens (tertiary/aromatic N) is 1. The van der Waals surface area contributed by atoms with Crippen LogP contribution in [0.25, 0.3) is 0 Å². The van der Waals surface area contributed by atoms with Gasteiger partial charge in [-0.3, -0.25) is 4.79 Å². The van der Waals surface area contributed by atoms with E-state index in [1.807, 2.05) is 24.3 Å². The van der Waals surface area contributed by atoms with Gasteiger partial charge in [-0.05, 0) is 48.6 Å². The van der Waals surface area contributed by atoms with Crippen molar-refractivity contribution < 1.29 is 14.3 Å². The lowest BCUT2D eigenvalue weighted by molar-refractivity contribution is -0.119. The van der Waals surface area contributed by atoms with Crippen molar-refractivity contribution >= 4 is 29.2 Å². The van der Waals surface area contributed by atoms with Gasteiger partial charge in [0.25, 0.3) is 5.91 Å². The first-order valence-electron chi connectivity index (χ1n) is 8.29. The monoisotopic (exact) mass is 374 g/mol. The van der Waals surface area contributed by atoms with Crippen molar-refractivity contribution in [2.45, 2.75) is 40.0 Å². The van der Waals surface area contributed by atoms with Crippen molar-refractivity contribution in [1.82, 2.24) is 4.98 Å². The van der Waals surface area contributed by atoms with Crippen LogP contribution in [0.4, 0.5) is 5.69 Å². The number of esters is 1. The molecule has 0 fully saturated rings. The van der Waals surface area contributed by atoms with Crippen LogP contribution >= 0.6 is 11.6 Å². The standard InChI is InChI=1S/C20H23ClN2O3/c1-12-10-13(2)22-18(21)17(12)19(25)26-11-16(24)23-15-8-6-14(7-9-15)20(3,4)5/h6-10H,11H2,1-5H3,(H,23,24). The van der Waals surface area contributed by atoms with Gasteiger partial charge in [-0.1, -0.05) is 44.5 Å². The normalized spacial score (nSPS) is 11.2. The van der Waals surface area contributed by atoms with E-state index in [2.05, 4.69) is 31.1 Å². The van der Waals surface area contributed by atoms with Gasteiger partial charge in [-0.25, -0.2) is 9.78 Å². The number of halogens is 1. The van der Waals surface area contributed by atoms with Gasteiger partial charge in [0.15, 0.2) is 6.61 Å². The number of benzene rings is 1. The van der Waals surface area contributed by atoms with Crippen LogP contribution in [0, 0.1) is 13.8 Å². The van der Waals surface area contributed by atoms with Crippen molar-refractivity contribution in [3.05, 3.63) is 57.9 Å². The highest BCUT2D eigenvalue weighted by molar-refractivity contribution is 6.32. The van der Waals surface area contributed by atoms with Crippen LogP contribution in [0.3, 0.4) is 0 Å². The average Bonchev–Trinajstić information content (AvgIpc) is 2.51. The summed E-state index contributed by atoms with van der Waals surface area (Å²) in [6.07, 6.45) is 0. The van der Waals surface area contributed by atoms with Gasteiger partial charge in [0.2, 0.25) is 0 Å². The largest absolute Gasteiger partial charge is 0.452 e. The topological polar surface area (TPSA) is 68.3 Å². The molecule has 1 aromatic heterocycles. The number of anilines is 1. The van der Waals surface area contributed by atoms with Gasteiger partial charge in [-0.2, -0.15) is 0 Å². The summed E-state index contributed by atoms with van der Waals surface area (Å²) in [6, 6.07) is 9.31. The van der Waals surface area contributed by atoms with Crippen molar-refractivity contribution in [2.24, 2.45) is 0 Å². The minimum absolute atomic E-state index is 0.0390. The van der Waals surface area contributed by atoms with E-state index in [0.717, 1.165) is 0 Å². The first kappa shape index (κ1) is 19.9. The minimum Gasteiger partial charge on any atom is -0.452 e. The van der Waals surface area contributed by atoms with Gasteiger partial charge in [-0.15, -0.1) is 0 Å². The van der Waals surface area contributed by atoms with E-state index in [9.17, 15) is 9.59 Å². The quantitative estimate of drug-likeness (QED) is 0.634. The zero-order valence-electron chi connectivity index (χ0n) is 15.6. The average molecular weight is 375 g/mol. The first-order chi connectivity index (χ1) is 12.1. The Morgan fingerprint density at radius 1 is 1.15 bits per heavy atom. The smallest absolute Gasteiger partial charge is 0.342 e. The van der Waals surface area contributed by atoms with Crippen molar-refractivity contribution in [3.63, 3.8) is 0 Å². The van der Waals surface area contributed by atoms with E-state index in [4.69, 9.17) is 16.3 Å². The molecule has 2 rings (SSSR count). The molecule has 0 aliphatic carbocycles. The third-order valence-electron chi connectivity index (χ3n) is 3.87. The Labute approximate surface area is 158 Å². The molecule has 26 heavy (non-hydrogen) atoms.